The van der Waals surface area contributed by atoms with Crippen LogP contribution >= 0.6 is 0 Å². The van der Waals surface area contributed by atoms with E-state index in [1.807, 2.05) is 51.1 Å². The molecule has 0 heterocycles. The van der Waals surface area contributed by atoms with Gasteiger partial charge in [0.25, 0.3) is 0 Å². The summed E-state index contributed by atoms with van der Waals surface area (Å²) in [5, 5.41) is 18.2. The third-order valence-corrected chi connectivity index (χ3v) is 9.27. The molecule has 0 bridgehead atoms. The molecule has 234 valence electrons. The molecule has 0 spiro atoms. The zero-order valence-corrected chi connectivity index (χ0v) is 26.9. The van der Waals surface area contributed by atoms with Crippen molar-refractivity contribution in [2.24, 2.45) is 17.1 Å². The summed E-state index contributed by atoms with van der Waals surface area (Å²) in [5.74, 6) is -1.50. The topological polar surface area (TPSA) is 151 Å². The largest absolute Gasteiger partial charge is 0.497 e. The molecule has 3 unspecified atom stereocenters. The Labute approximate surface area is 250 Å². The van der Waals surface area contributed by atoms with Crippen LogP contribution in [0.5, 0.6) is 5.75 Å². The van der Waals surface area contributed by atoms with Crippen molar-refractivity contribution in [1.29, 1.82) is 0 Å². The number of likely N-dealkylation sites (N-methyl/N-ethyl adjacent to an activating group) is 1. The number of ether oxygens (including phenoxy) is 1. The lowest BCUT2D eigenvalue weighted by molar-refractivity contribution is -0.130. The van der Waals surface area contributed by atoms with Crippen LogP contribution in [0.2, 0.25) is 0 Å². The van der Waals surface area contributed by atoms with Gasteiger partial charge in [0.1, 0.15) is 5.75 Å². The molecular weight excluding hydrogens is 556 g/mol. The Morgan fingerprint density at radius 1 is 1.02 bits per heavy atom. The van der Waals surface area contributed by atoms with Crippen molar-refractivity contribution in [3.05, 3.63) is 60.2 Å². The van der Waals surface area contributed by atoms with Gasteiger partial charge in [0, 0.05) is 18.9 Å². The van der Waals surface area contributed by atoms with E-state index in [1.54, 1.807) is 38.1 Å². The monoisotopic (exact) mass is 604 g/mol. The predicted molar refractivity (Wildman–Crippen MR) is 165 cm³/mol. The number of methoxy groups -OCH3 is 1. The van der Waals surface area contributed by atoms with Crippen molar-refractivity contribution in [3.8, 4) is 5.75 Å². The maximum absolute atomic E-state index is 13.6. The van der Waals surface area contributed by atoms with Crippen LogP contribution in [0.1, 0.15) is 40.2 Å². The van der Waals surface area contributed by atoms with E-state index in [9.17, 15) is 23.1 Å². The van der Waals surface area contributed by atoms with Gasteiger partial charge in [-0.15, -0.1) is 0 Å². The van der Waals surface area contributed by atoms with E-state index >= 15 is 0 Å². The van der Waals surface area contributed by atoms with Gasteiger partial charge in [-0.2, -0.15) is 0 Å². The lowest BCUT2D eigenvalue weighted by Crippen LogP contribution is -2.72. The molecule has 5 N–H and O–H groups in total. The minimum atomic E-state index is -3.90. The average molecular weight is 605 g/mol. The van der Waals surface area contributed by atoms with Gasteiger partial charge in [0.15, 0.2) is 15.6 Å². The molecule has 0 radical (unpaired) electrons. The van der Waals surface area contributed by atoms with Crippen LogP contribution in [0.4, 0.5) is 0 Å². The summed E-state index contributed by atoms with van der Waals surface area (Å²) in [7, 11) is 1.18. The lowest BCUT2D eigenvalue weighted by Gasteiger charge is -2.46. The number of benzene rings is 2. The van der Waals surface area contributed by atoms with E-state index in [1.165, 1.54) is 26.2 Å². The molecule has 42 heavy (non-hydrogen) atoms. The van der Waals surface area contributed by atoms with Gasteiger partial charge in [-0.3, -0.25) is 20.2 Å². The Morgan fingerprint density at radius 2 is 1.60 bits per heavy atom. The van der Waals surface area contributed by atoms with E-state index in [0.717, 1.165) is 5.56 Å². The fourth-order valence-corrected chi connectivity index (χ4v) is 6.52. The van der Waals surface area contributed by atoms with Crippen molar-refractivity contribution in [3.63, 3.8) is 0 Å². The summed E-state index contributed by atoms with van der Waals surface area (Å²) in [6, 6.07) is 14.5. The van der Waals surface area contributed by atoms with Gasteiger partial charge in [-0.05, 0) is 56.3 Å². The molecule has 0 aliphatic rings. The number of hydrogen-bond acceptors (Lipinski definition) is 9. The molecule has 0 fully saturated rings. The highest BCUT2D eigenvalue weighted by molar-refractivity contribution is 7.91. The van der Waals surface area contributed by atoms with Gasteiger partial charge in [0.05, 0.1) is 41.6 Å². The Bertz CT molecular complexity index is 1290. The second-order valence-electron chi connectivity index (χ2n) is 12.7. The van der Waals surface area contributed by atoms with Crippen LogP contribution in [-0.2, 0) is 25.8 Å². The van der Waals surface area contributed by atoms with Gasteiger partial charge < -0.3 is 20.5 Å². The van der Waals surface area contributed by atoms with E-state index < -0.39 is 50.1 Å². The van der Waals surface area contributed by atoms with Crippen LogP contribution in [0.25, 0.3) is 0 Å². The van der Waals surface area contributed by atoms with Gasteiger partial charge in [0.2, 0.25) is 5.91 Å². The first-order valence-corrected chi connectivity index (χ1v) is 15.6. The van der Waals surface area contributed by atoms with Gasteiger partial charge >= 0.3 is 0 Å². The second-order valence-corrected chi connectivity index (χ2v) is 14.7. The van der Waals surface area contributed by atoms with Crippen molar-refractivity contribution in [1.82, 2.24) is 15.5 Å². The Morgan fingerprint density at radius 3 is 2.07 bits per heavy atom. The number of hydrogen-bond donors (Lipinski definition) is 4. The lowest BCUT2D eigenvalue weighted by atomic mass is 9.79. The number of ketones is 1. The molecule has 1 amide bonds. The Kier molecular flexibility index (Phi) is 11.9. The highest BCUT2D eigenvalue weighted by Crippen LogP contribution is 2.29. The number of carbonyl (C=O) groups is 2. The number of carbonyl (C=O) groups excluding carboxylic acids is 2. The summed E-state index contributed by atoms with van der Waals surface area (Å²) >= 11 is 0. The molecule has 0 aliphatic carbocycles. The van der Waals surface area contributed by atoms with E-state index in [0.29, 0.717) is 5.75 Å². The smallest absolute Gasteiger partial charge is 0.235 e. The van der Waals surface area contributed by atoms with Crippen LogP contribution in [-0.4, -0.2) is 87.5 Å². The zero-order valence-electron chi connectivity index (χ0n) is 26.1. The highest BCUT2D eigenvalue weighted by Gasteiger charge is 2.46. The molecule has 0 saturated heterocycles. The first-order chi connectivity index (χ1) is 19.3. The fraction of sp³-hybridized carbons (Fsp3) is 0.548. The summed E-state index contributed by atoms with van der Waals surface area (Å²) in [6.45, 7) is 8.72. The number of sulfone groups is 1. The minimum absolute atomic E-state index is 0.0494. The maximum Gasteiger partial charge on any atom is 0.235 e. The third-order valence-electron chi connectivity index (χ3n) is 7.28. The Balaban J connectivity index is 2.55. The molecular formula is C31H48N4O6S. The number of nitrogens with two attached hydrogens (primary N) is 1. The number of Topliss-reactive ketones (excluding diaryl/α,β-unsaturated/α-hetero) is 1. The van der Waals surface area contributed by atoms with Crippen molar-refractivity contribution in [2.75, 3.05) is 40.0 Å². The molecule has 2 aromatic rings. The van der Waals surface area contributed by atoms with E-state index in [-0.39, 0.29) is 30.2 Å². The molecule has 0 saturated carbocycles. The van der Waals surface area contributed by atoms with Crippen LogP contribution in [0.15, 0.2) is 59.5 Å². The first-order valence-electron chi connectivity index (χ1n) is 13.9. The average Bonchev–Trinajstić information content (AvgIpc) is 2.88. The SMILES string of the molecule is COc1ccc(S(=O)(=O)CC(C)(O)CNC(Cc2ccccc2)(N[C@H](C(N)=O)C(C)(C)C)C(C)C(=O)CN(C)C)cc1. The van der Waals surface area contributed by atoms with Crippen molar-refractivity contribution >= 4 is 21.5 Å². The van der Waals surface area contributed by atoms with Crippen LogP contribution in [0.3, 0.4) is 0 Å². The first kappa shape index (κ1) is 35.4. The zero-order chi connectivity index (χ0) is 31.9. The third kappa shape index (κ3) is 9.88. The highest BCUT2D eigenvalue weighted by atomic mass is 32.2. The minimum Gasteiger partial charge on any atom is -0.497 e. The summed E-state index contributed by atoms with van der Waals surface area (Å²) in [6.07, 6.45) is 0.245. The van der Waals surface area contributed by atoms with E-state index in [2.05, 4.69) is 10.6 Å². The maximum atomic E-state index is 13.6. The summed E-state index contributed by atoms with van der Waals surface area (Å²) < 4.78 is 31.6. The molecule has 10 nitrogen and oxygen atoms in total. The molecule has 2 aromatic carbocycles. The fourth-order valence-electron chi connectivity index (χ4n) is 4.88. The standard InChI is InChI=1S/C31H48N4O6S/c1-22(26(36)19-35(6)7)31(18-23-12-10-9-11-13-23,34-27(28(32)37)29(2,3)4)33-20-30(5,38)21-42(39,40)25-16-14-24(41-8)15-17-25/h9-17,22,27,33-34,38H,18-21H2,1-8H3,(H2,32,37)/t22?,27-,30?,31?/m1/s1. The number of nitrogens with zero attached hydrogens (tertiary/aromatic N) is 1. The van der Waals surface area contributed by atoms with Crippen LogP contribution < -0.4 is 21.1 Å². The number of nitrogens with one attached hydrogen (secondary N) is 2. The van der Waals surface area contributed by atoms with Crippen molar-refractivity contribution in [2.45, 2.75) is 63.2 Å². The summed E-state index contributed by atoms with van der Waals surface area (Å²) in [5.41, 5.74) is 3.08. The van der Waals surface area contributed by atoms with Crippen molar-refractivity contribution < 1.29 is 27.9 Å². The number of aliphatic hydroxyl groups is 1. The predicted octanol–water partition coefficient (Wildman–Crippen LogP) is 2.00. The molecule has 4 atom stereocenters. The number of rotatable bonds is 16. The van der Waals surface area contributed by atoms with Gasteiger partial charge in [-0.25, -0.2) is 8.42 Å². The molecule has 2 rings (SSSR count). The van der Waals surface area contributed by atoms with Crippen LogP contribution in [0, 0.1) is 11.3 Å². The number of amides is 1. The Hall–Kier alpha value is -2.83. The molecule has 0 aliphatic heterocycles. The molecule has 0 aromatic heterocycles. The summed E-state index contributed by atoms with van der Waals surface area (Å²) in [4.78, 5) is 28.1. The quantitative estimate of drug-likeness (QED) is 0.211. The number of primary amides is 1. The van der Waals surface area contributed by atoms with E-state index in [4.69, 9.17) is 10.5 Å². The normalized spacial score (nSPS) is 16.7. The van der Waals surface area contributed by atoms with Gasteiger partial charge in [-0.1, -0.05) is 58.0 Å². The second kappa shape index (κ2) is 14.1. The molecule has 11 heteroatoms.